The second-order valence-electron chi connectivity index (χ2n) is 11.1. The summed E-state index contributed by atoms with van der Waals surface area (Å²) in [5, 5.41) is -0.309. The van der Waals surface area contributed by atoms with Crippen molar-refractivity contribution in [1.29, 1.82) is 0 Å². The molecule has 0 radical (unpaired) electrons. The number of likely N-dealkylation sites (tertiary alicyclic amines) is 1. The number of aryl methyl sites for hydroxylation is 1. The van der Waals surface area contributed by atoms with E-state index >= 15 is 0 Å². The van der Waals surface area contributed by atoms with Gasteiger partial charge >= 0.3 is 18.0 Å². The Morgan fingerprint density at radius 3 is 2.10 bits per heavy atom. The van der Waals surface area contributed by atoms with E-state index < -0.39 is 56.4 Å². The number of fused-ring (bicyclic) bond motifs is 3. The number of amides is 1. The lowest BCUT2D eigenvalue weighted by molar-refractivity contribution is -0.348. The molecule has 2 aliphatic carbocycles. The van der Waals surface area contributed by atoms with Gasteiger partial charge in [-0.3, -0.25) is 4.79 Å². The fourth-order valence-electron chi connectivity index (χ4n) is 6.58. The van der Waals surface area contributed by atoms with Crippen molar-refractivity contribution in [3.8, 4) is 0 Å². The second kappa shape index (κ2) is 10.7. The first-order valence-corrected chi connectivity index (χ1v) is 15.8. The lowest BCUT2D eigenvalue weighted by atomic mass is 9.75. The van der Waals surface area contributed by atoms with Gasteiger partial charge in [0.05, 0.1) is 4.90 Å². The van der Waals surface area contributed by atoms with E-state index in [0.29, 0.717) is 12.1 Å². The molecule has 3 aliphatic rings. The van der Waals surface area contributed by atoms with Gasteiger partial charge in [-0.05, 0) is 61.1 Å². The van der Waals surface area contributed by atoms with Gasteiger partial charge in [0.25, 0.3) is 5.24 Å². The maximum Gasteiger partial charge on any atom is 0.435 e. The second-order valence-corrected chi connectivity index (χ2v) is 14.6. The first-order valence-electron chi connectivity index (χ1n) is 13.4. The molecule has 0 bridgehead atoms. The monoisotopic (exact) mass is 641 g/mol. The van der Waals surface area contributed by atoms with E-state index in [4.69, 9.17) is 0 Å². The highest BCUT2D eigenvalue weighted by Crippen LogP contribution is 2.57. The third kappa shape index (κ3) is 4.89. The number of carbonyl (C=O) groups excluding carboxylic acids is 1. The molecular formula is C28H27F8NO3S2. The SMILES string of the molecule is O=C(SC1CCCCC1)N1CC2CCc3cc(C(F)(C(F)(F)F)C(F)(F)F)ccc3C2(S(=O)(=O)c2ccc(F)cc2)C1. The number of sulfone groups is 1. The average Bonchev–Trinajstić information content (AvgIpc) is 3.34. The van der Waals surface area contributed by atoms with Crippen molar-refractivity contribution < 1.29 is 48.3 Å². The summed E-state index contributed by atoms with van der Waals surface area (Å²) in [6.07, 6.45) is -8.18. The van der Waals surface area contributed by atoms with Crippen LogP contribution in [0.5, 0.6) is 0 Å². The van der Waals surface area contributed by atoms with Crippen LogP contribution in [0, 0.1) is 11.7 Å². The Labute approximate surface area is 241 Å². The van der Waals surface area contributed by atoms with E-state index in [1.165, 1.54) is 4.90 Å². The number of hydrogen-bond donors (Lipinski definition) is 0. The number of halogens is 8. The molecule has 2 fully saturated rings. The molecule has 14 heteroatoms. The Morgan fingerprint density at radius 1 is 0.881 bits per heavy atom. The number of alkyl halides is 7. The van der Waals surface area contributed by atoms with Crippen molar-refractivity contribution in [2.45, 2.75) is 77.9 Å². The summed E-state index contributed by atoms with van der Waals surface area (Å²) in [6, 6.07) is 5.48. The van der Waals surface area contributed by atoms with Crippen LogP contribution in [0.1, 0.15) is 55.2 Å². The minimum Gasteiger partial charge on any atom is -0.331 e. The Hall–Kier alpha value is -2.35. The predicted molar refractivity (Wildman–Crippen MR) is 140 cm³/mol. The topological polar surface area (TPSA) is 54.5 Å². The van der Waals surface area contributed by atoms with Crippen LogP contribution in [-0.4, -0.2) is 49.2 Å². The highest BCUT2D eigenvalue weighted by molar-refractivity contribution is 8.14. The van der Waals surface area contributed by atoms with Crippen LogP contribution < -0.4 is 0 Å². The Morgan fingerprint density at radius 2 is 1.50 bits per heavy atom. The molecule has 1 saturated heterocycles. The van der Waals surface area contributed by atoms with Gasteiger partial charge in [0, 0.05) is 29.8 Å². The lowest BCUT2D eigenvalue weighted by Gasteiger charge is -2.40. The smallest absolute Gasteiger partial charge is 0.331 e. The molecule has 1 aliphatic heterocycles. The van der Waals surface area contributed by atoms with E-state index in [0.717, 1.165) is 74.2 Å². The van der Waals surface area contributed by atoms with Crippen molar-refractivity contribution in [3.05, 3.63) is 65.0 Å². The van der Waals surface area contributed by atoms with E-state index in [1.807, 2.05) is 0 Å². The molecule has 1 amide bonds. The standard InChI is InChI=1S/C28H27F8NO3S2/c29-20-9-11-22(12-10-20)42(39,40)25-16-37(24(38)41-21-4-2-1-3-5-21)15-19(25)7-6-17-14-18(8-13-23(17)25)26(30,27(31,32)33)28(34,35)36/h8-14,19,21H,1-7,15-16H2. The van der Waals surface area contributed by atoms with Gasteiger partial charge in [-0.25, -0.2) is 17.2 Å². The predicted octanol–water partition coefficient (Wildman–Crippen LogP) is 7.85. The minimum absolute atomic E-state index is 0.00167. The summed E-state index contributed by atoms with van der Waals surface area (Å²) in [7, 11) is -4.50. The quantitative estimate of drug-likeness (QED) is 0.252. The zero-order valence-electron chi connectivity index (χ0n) is 22.1. The van der Waals surface area contributed by atoms with Gasteiger partial charge in [0.1, 0.15) is 10.6 Å². The highest BCUT2D eigenvalue weighted by atomic mass is 32.2. The number of benzene rings is 2. The summed E-state index contributed by atoms with van der Waals surface area (Å²) in [5.74, 6) is -1.48. The van der Waals surface area contributed by atoms with Gasteiger partial charge in [0.2, 0.25) is 0 Å². The summed E-state index contributed by atoms with van der Waals surface area (Å²) < 4.78 is 136. The maximum atomic E-state index is 14.9. The molecule has 1 heterocycles. The van der Waals surface area contributed by atoms with Crippen LogP contribution >= 0.6 is 11.8 Å². The van der Waals surface area contributed by atoms with Crippen LogP contribution in [0.3, 0.4) is 0 Å². The zero-order valence-corrected chi connectivity index (χ0v) is 23.7. The number of rotatable bonds is 4. The molecule has 0 spiro atoms. The molecule has 42 heavy (non-hydrogen) atoms. The van der Waals surface area contributed by atoms with Gasteiger partial charge in [0.15, 0.2) is 9.84 Å². The van der Waals surface area contributed by atoms with Crippen LogP contribution in [0.2, 0.25) is 0 Å². The van der Waals surface area contributed by atoms with Gasteiger partial charge in [-0.15, -0.1) is 0 Å². The van der Waals surface area contributed by atoms with Crippen molar-refractivity contribution >= 4 is 26.8 Å². The maximum absolute atomic E-state index is 14.9. The Balaban J connectivity index is 1.63. The lowest BCUT2D eigenvalue weighted by Crippen LogP contribution is -2.51. The average molecular weight is 642 g/mol. The van der Waals surface area contributed by atoms with Crippen LogP contribution in [0.15, 0.2) is 47.4 Å². The number of thioether (sulfide) groups is 1. The van der Waals surface area contributed by atoms with Crippen LogP contribution in [0.25, 0.3) is 0 Å². The summed E-state index contributed by atoms with van der Waals surface area (Å²) >= 11 is 1.11. The van der Waals surface area contributed by atoms with E-state index in [1.54, 1.807) is 0 Å². The first-order chi connectivity index (χ1) is 19.5. The molecule has 2 atom stereocenters. The summed E-state index contributed by atoms with van der Waals surface area (Å²) in [5.41, 5.74) is -7.65. The van der Waals surface area contributed by atoms with E-state index in [2.05, 4.69) is 0 Å². The van der Waals surface area contributed by atoms with Crippen molar-refractivity contribution in [3.63, 3.8) is 0 Å². The molecule has 1 saturated carbocycles. The Bertz CT molecular complexity index is 1440. The third-order valence-corrected chi connectivity index (χ3v) is 12.5. The van der Waals surface area contributed by atoms with Gasteiger partial charge in [-0.2, -0.15) is 26.3 Å². The number of nitrogens with zero attached hydrogens (tertiary/aromatic N) is 1. The summed E-state index contributed by atoms with van der Waals surface area (Å²) in [6.45, 7) is -0.403. The molecule has 230 valence electrons. The Kier molecular flexibility index (Phi) is 7.90. The van der Waals surface area contributed by atoms with Gasteiger partial charge < -0.3 is 4.90 Å². The van der Waals surface area contributed by atoms with Crippen molar-refractivity contribution in [1.82, 2.24) is 4.90 Å². The molecular weight excluding hydrogens is 614 g/mol. The summed E-state index contributed by atoms with van der Waals surface area (Å²) in [4.78, 5) is 14.4. The molecule has 2 aromatic carbocycles. The minimum atomic E-state index is -6.33. The third-order valence-electron chi connectivity index (χ3n) is 8.71. The molecule has 4 nitrogen and oxygen atoms in total. The van der Waals surface area contributed by atoms with Gasteiger partial charge in [-0.1, -0.05) is 49.2 Å². The van der Waals surface area contributed by atoms with E-state index in [9.17, 15) is 48.3 Å². The molecule has 0 N–H and O–H groups in total. The molecule has 2 aromatic rings. The normalized spacial score (nSPS) is 23.9. The van der Waals surface area contributed by atoms with Crippen LogP contribution in [-0.2, 0) is 26.7 Å². The van der Waals surface area contributed by atoms with E-state index in [-0.39, 0.29) is 45.9 Å². The van der Waals surface area contributed by atoms with Crippen LogP contribution in [0.4, 0.5) is 39.9 Å². The molecule has 5 rings (SSSR count). The largest absolute Gasteiger partial charge is 0.435 e. The van der Waals surface area contributed by atoms with Crippen molar-refractivity contribution in [2.75, 3.05) is 13.1 Å². The zero-order chi connectivity index (χ0) is 30.7. The molecule has 0 aromatic heterocycles. The fraction of sp³-hybridized carbons (Fsp3) is 0.536. The molecule has 2 unspecified atom stereocenters. The first kappa shape index (κ1) is 31.1. The van der Waals surface area contributed by atoms with Crippen molar-refractivity contribution in [2.24, 2.45) is 5.92 Å². The highest BCUT2D eigenvalue weighted by Gasteiger charge is 2.73. The number of carbonyl (C=O) groups is 1. The number of hydrogen-bond acceptors (Lipinski definition) is 4. The fourth-order valence-corrected chi connectivity index (χ4v) is 10.1.